The molecule has 1 rings (SSSR count). The molecule has 0 aliphatic heterocycles. The molecule has 0 radical (unpaired) electrons. The van der Waals surface area contributed by atoms with Gasteiger partial charge in [0, 0.05) is 19.0 Å². The Kier molecular flexibility index (Phi) is 6.14. The van der Waals surface area contributed by atoms with Crippen LogP contribution in [0.3, 0.4) is 0 Å². The molecule has 0 spiro atoms. The molecule has 5 nitrogen and oxygen atoms in total. The van der Waals surface area contributed by atoms with Crippen LogP contribution in [0.2, 0.25) is 0 Å². The molecular formula is C15H21FN2O3. The van der Waals surface area contributed by atoms with Gasteiger partial charge in [0.2, 0.25) is 0 Å². The predicted molar refractivity (Wildman–Crippen MR) is 78.9 cm³/mol. The van der Waals surface area contributed by atoms with Gasteiger partial charge in [0.15, 0.2) is 0 Å². The number of rotatable bonds is 6. The second-order valence-electron chi connectivity index (χ2n) is 5.20. The fourth-order valence-electron chi connectivity index (χ4n) is 1.90. The molecule has 0 bridgehead atoms. The molecule has 0 atom stereocenters. The second kappa shape index (κ2) is 7.61. The van der Waals surface area contributed by atoms with E-state index in [1.54, 1.807) is 13.0 Å². The fraction of sp³-hybridized carbons (Fsp3) is 0.467. The Labute approximate surface area is 123 Å². The lowest BCUT2D eigenvalue weighted by Crippen LogP contribution is -2.41. The van der Waals surface area contributed by atoms with Crippen molar-refractivity contribution in [3.63, 3.8) is 0 Å². The van der Waals surface area contributed by atoms with Gasteiger partial charge in [-0.3, -0.25) is 4.79 Å². The van der Waals surface area contributed by atoms with Crippen LogP contribution in [0.1, 0.15) is 32.3 Å². The van der Waals surface area contributed by atoms with E-state index in [-0.39, 0.29) is 18.2 Å². The lowest BCUT2D eigenvalue weighted by molar-refractivity contribution is -0.137. The molecule has 116 valence electrons. The van der Waals surface area contributed by atoms with Crippen molar-refractivity contribution in [2.45, 2.75) is 39.7 Å². The van der Waals surface area contributed by atoms with Gasteiger partial charge in [0.1, 0.15) is 5.82 Å². The molecule has 2 N–H and O–H groups in total. The summed E-state index contributed by atoms with van der Waals surface area (Å²) in [4.78, 5) is 24.2. The summed E-state index contributed by atoms with van der Waals surface area (Å²) in [7, 11) is 0. The Balaban J connectivity index is 2.70. The minimum Gasteiger partial charge on any atom is -0.481 e. The summed E-state index contributed by atoms with van der Waals surface area (Å²) in [5, 5.41) is 11.2. The van der Waals surface area contributed by atoms with Crippen LogP contribution in [0, 0.1) is 12.7 Å². The number of nitrogens with zero attached hydrogens (tertiary/aromatic N) is 1. The van der Waals surface area contributed by atoms with Gasteiger partial charge < -0.3 is 15.3 Å². The van der Waals surface area contributed by atoms with E-state index in [2.05, 4.69) is 5.32 Å². The number of carbonyl (C=O) groups excluding carboxylic acids is 1. The largest absolute Gasteiger partial charge is 0.481 e. The van der Waals surface area contributed by atoms with Crippen LogP contribution in [0.15, 0.2) is 18.2 Å². The Morgan fingerprint density at radius 2 is 2.05 bits per heavy atom. The van der Waals surface area contributed by atoms with Crippen molar-refractivity contribution in [1.29, 1.82) is 0 Å². The zero-order valence-corrected chi connectivity index (χ0v) is 12.5. The normalized spacial score (nSPS) is 10.5. The quantitative estimate of drug-likeness (QED) is 0.846. The van der Waals surface area contributed by atoms with Crippen molar-refractivity contribution in [2.24, 2.45) is 0 Å². The molecule has 0 fully saturated rings. The van der Waals surface area contributed by atoms with Crippen LogP contribution in [0.4, 0.5) is 14.9 Å². The number of halogens is 1. The molecule has 21 heavy (non-hydrogen) atoms. The van der Waals surface area contributed by atoms with Crippen LogP contribution in [0.25, 0.3) is 0 Å². The number of nitrogens with one attached hydrogen (secondary N) is 1. The van der Waals surface area contributed by atoms with Gasteiger partial charge in [0.05, 0.1) is 5.69 Å². The van der Waals surface area contributed by atoms with Crippen molar-refractivity contribution in [2.75, 3.05) is 11.9 Å². The second-order valence-corrected chi connectivity index (χ2v) is 5.20. The predicted octanol–water partition coefficient (Wildman–Crippen LogP) is 3.24. The maximum absolute atomic E-state index is 13.7. The van der Waals surface area contributed by atoms with Gasteiger partial charge in [-0.05, 0) is 44.9 Å². The number of carboxylic acid groups (broad SMARTS) is 1. The molecule has 6 heteroatoms. The zero-order chi connectivity index (χ0) is 16.0. The van der Waals surface area contributed by atoms with Crippen LogP contribution >= 0.6 is 0 Å². The Hall–Kier alpha value is -2.11. The molecule has 1 aromatic carbocycles. The first-order chi connectivity index (χ1) is 9.81. The number of benzene rings is 1. The maximum atomic E-state index is 13.7. The molecule has 0 aliphatic carbocycles. The third-order valence-corrected chi connectivity index (χ3v) is 3.04. The molecule has 2 amide bonds. The lowest BCUT2D eigenvalue weighted by atomic mass is 10.2. The smallest absolute Gasteiger partial charge is 0.322 e. The third-order valence-electron chi connectivity index (χ3n) is 3.04. The highest BCUT2D eigenvalue weighted by Crippen LogP contribution is 2.16. The first-order valence-electron chi connectivity index (χ1n) is 6.87. The summed E-state index contributed by atoms with van der Waals surface area (Å²) < 4.78 is 13.7. The van der Waals surface area contributed by atoms with Crippen molar-refractivity contribution in [1.82, 2.24) is 4.90 Å². The lowest BCUT2D eigenvalue weighted by Gasteiger charge is -2.27. The number of hydrogen-bond donors (Lipinski definition) is 2. The number of amides is 2. The van der Waals surface area contributed by atoms with Gasteiger partial charge >= 0.3 is 12.0 Å². The average Bonchev–Trinajstić information content (AvgIpc) is 2.37. The van der Waals surface area contributed by atoms with Gasteiger partial charge in [-0.2, -0.15) is 0 Å². The first kappa shape index (κ1) is 16.9. The number of aliphatic carboxylic acids is 1. The summed E-state index contributed by atoms with van der Waals surface area (Å²) in [5.41, 5.74) is 0.891. The highest BCUT2D eigenvalue weighted by atomic mass is 19.1. The molecule has 0 aromatic heterocycles. The van der Waals surface area contributed by atoms with E-state index < -0.39 is 17.8 Å². The number of hydrogen-bond acceptors (Lipinski definition) is 2. The third kappa shape index (κ3) is 5.41. The van der Waals surface area contributed by atoms with Crippen LogP contribution in [-0.4, -0.2) is 34.6 Å². The number of urea groups is 1. The minimum atomic E-state index is -0.899. The van der Waals surface area contributed by atoms with Crippen molar-refractivity contribution in [3.8, 4) is 0 Å². The topological polar surface area (TPSA) is 69.6 Å². The molecule has 0 unspecified atom stereocenters. The van der Waals surface area contributed by atoms with E-state index in [1.165, 1.54) is 17.0 Å². The molecule has 0 saturated heterocycles. The van der Waals surface area contributed by atoms with E-state index in [4.69, 9.17) is 5.11 Å². The van der Waals surface area contributed by atoms with Crippen molar-refractivity contribution in [3.05, 3.63) is 29.6 Å². The van der Waals surface area contributed by atoms with E-state index in [0.717, 1.165) is 5.56 Å². The molecule has 0 saturated carbocycles. The summed E-state index contributed by atoms with van der Waals surface area (Å²) in [6, 6.07) is 4.03. The molecule has 0 heterocycles. The highest BCUT2D eigenvalue weighted by molar-refractivity contribution is 5.89. The summed E-state index contributed by atoms with van der Waals surface area (Å²) in [6.45, 7) is 5.72. The summed E-state index contributed by atoms with van der Waals surface area (Å²) >= 11 is 0. The van der Waals surface area contributed by atoms with Crippen molar-refractivity contribution < 1.29 is 19.1 Å². The molecule has 1 aromatic rings. The Bertz CT molecular complexity index is 518. The van der Waals surface area contributed by atoms with E-state index in [1.807, 2.05) is 13.8 Å². The van der Waals surface area contributed by atoms with Gasteiger partial charge in [-0.15, -0.1) is 0 Å². The fourth-order valence-corrected chi connectivity index (χ4v) is 1.90. The summed E-state index contributed by atoms with van der Waals surface area (Å²) in [5.74, 6) is -1.39. The number of anilines is 1. The SMILES string of the molecule is Cc1ccc(NC(=O)N(CCCC(=O)O)C(C)C)c(F)c1. The molecule has 0 aliphatic rings. The Morgan fingerprint density at radius 3 is 2.57 bits per heavy atom. The zero-order valence-electron chi connectivity index (χ0n) is 12.5. The van der Waals surface area contributed by atoms with Crippen LogP contribution in [-0.2, 0) is 4.79 Å². The van der Waals surface area contributed by atoms with Gasteiger partial charge in [0.25, 0.3) is 0 Å². The van der Waals surface area contributed by atoms with E-state index in [9.17, 15) is 14.0 Å². The maximum Gasteiger partial charge on any atom is 0.322 e. The summed E-state index contributed by atoms with van der Waals surface area (Å²) in [6.07, 6.45) is 0.354. The van der Waals surface area contributed by atoms with Crippen LogP contribution in [0.5, 0.6) is 0 Å². The highest BCUT2D eigenvalue weighted by Gasteiger charge is 2.18. The minimum absolute atomic E-state index is 0.00457. The molecular weight excluding hydrogens is 275 g/mol. The number of carbonyl (C=O) groups is 2. The van der Waals surface area contributed by atoms with Crippen LogP contribution < -0.4 is 5.32 Å². The Morgan fingerprint density at radius 1 is 1.38 bits per heavy atom. The standard InChI is InChI=1S/C15H21FN2O3/c1-10(2)18(8-4-5-14(19)20)15(21)17-13-7-6-11(3)9-12(13)16/h6-7,9-10H,4-5,8H2,1-3H3,(H,17,21)(H,19,20). The van der Waals surface area contributed by atoms with Gasteiger partial charge in [-0.25, -0.2) is 9.18 Å². The van der Waals surface area contributed by atoms with E-state index >= 15 is 0 Å². The average molecular weight is 296 g/mol. The van der Waals surface area contributed by atoms with E-state index in [0.29, 0.717) is 13.0 Å². The number of carboxylic acids is 1. The first-order valence-corrected chi connectivity index (χ1v) is 6.87. The number of aryl methyl sites for hydroxylation is 1. The van der Waals surface area contributed by atoms with Crippen molar-refractivity contribution >= 4 is 17.7 Å². The monoisotopic (exact) mass is 296 g/mol. The van der Waals surface area contributed by atoms with Gasteiger partial charge in [-0.1, -0.05) is 6.07 Å².